The van der Waals surface area contributed by atoms with Crippen molar-refractivity contribution in [3.05, 3.63) is 48.7 Å². The molecule has 0 aliphatic heterocycles. The summed E-state index contributed by atoms with van der Waals surface area (Å²) in [4.78, 5) is 3.16. The summed E-state index contributed by atoms with van der Waals surface area (Å²) in [5.74, 6) is 0. The van der Waals surface area contributed by atoms with Gasteiger partial charge in [0, 0.05) is 17.8 Å². The van der Waals surface area contributed by atoms with Gasteiger partial charge < -0.3 is 10.7 Å². The van der Waals surface area contributed by atoms with Crippen LogP contribution in [-0.4, -0.2) is 4.98 Å². The summed E-state index contributed by atoms with van der Waals surface area (Å²) in [6.07, 6.45) is 4.61. The molecule has 0 aliphatic rings. The maximum Gasteiger partial charge on any atom is 0.0454 e. The highest BCUT2D eigenvalue weighted by atomic mass is 35.5. The topological polar surface area (TPSA) is 41.8 Å². The van der Waals surface area contributed by atoms with Gasteiger partial charge in [-0.05, 0) is 35.6 Å². The van der Waals surface area contributed by atoms with E-state index < -0.39 is 0 Å². The summed E-state index contributed by atoms with van der Waals surface area (Å²) in [6, 6.07) is 8.37. The molecule has 3 heteroatoms. The Bertz CT molecular complexity index is 448. The Morgan fingerprint density at radius 3 is 2.93 bits per heavy atom. The minimum atomic E-state index is 0. The molecule has 2 nitrogen and oxygen atoms in total. The van der Waals surface area contributed by atoms with Crippen LogP contribution in [0.5, 0.6) is 0 Å². The lowest BCUT2D eigenvalue weighted by Gasteiger charge is -2.08. The normalized spacial score (nSPS) is 12.1. The van der Waals surface area contributed by atoms with Gasteiger partial charge in [0.15, 0.2) is 0 Å². The number of nitrogens with one attached hydrogen (secondary N) is 1. The van der Waals surface area contributed by atoms with Gasteiger partial charge in [-0.3, -0.25) is 0 Å². The van der Waals surface area contributed by atoms with Crippen LogP contribution in [-0.2, 0) is 0 Å². The second kappa shape index (κ2) is 5.01. The number of fused-ring (bicyclic) bond motifs is 1. The summed E-state index contributed by atoms with van der Waals surface area (Å²) >= 11 is 0. The number of benzene rings is 1. The number of H-pyrrole nitrogens is 1. The van der Waals surface area contributed by atoms with Crippen molar-refractivity contribution >= 4 is 23.3 Å². The number of halogens is 1. The van der Waals surface area contributed by atoms with Crippen LogP contribution in [0.25, 0.3) is 10.9 Å². The maximum atomic E-state index is 5.98. The number of nitrogens with two attached hydrogens (primary N) is 1. The van der Waals surface area contributed by atoms with E-state index in [1.807, 2.05) is 12.3 Å². The van der Waals surface area contributed by atoms with E-state index in [9.17, 15) is 0 Å². The van der Waals surface area contributed by atoms with E-state index in [1.54, 1.807) is 0 Å². The molecule has 0 spiro atoms. The van der Waals surface area contributed by atoms with Crippen LogP contribution >= 0.6 is 12.4 Å². The van der Waals surface area contributed by atoms with Gasteiger partial charge >= 0.3 is 0 Å². The van der Waals surface area contributed by atoms with Crippen LogP contribution in [0.2, 0.25) is 0 Å². The Labute approximate surface area is 95.6 Å². The molecule has 0 fully saturated rings. The van der Waals surface area contributed by atoms with Crippen molar-refractivity contribution in [1.82, 2.24) is 4.98 Å². The van der Waals surface area contributed by atoms with Crippen LogP contribution in [0, 0.1) is 0 Å². The van der Waals surface area contributed by atoms with Crippen molar-refractivity contribution in [2.45, 2.75) is 12.5 Å². The van der Waals surface area contributed by atoms with Crippen LogP contribution in [0.3, 0.4) is 0 Å². The van der Waals surface area contributed by atoms with E-state index in [4.69, 9.17) is 5.73 Å². The zero-order valence-corrected chi connectivity index (χ0v) is 9.26. The summed E-state index contributed by atoms with van der Waals surface area (Å²) < 4.78 is 0. The van der Waals surface area contributed by atoms with Gasteiger partial charge in [0.1, 0.15) is 0 Å². The first-order valence-electron chi connectivity index (χ1n) is 4.75. The van der Waals surface area contributed by atoms with Gasteiger partial charge in [-0.25, -0.2) is 0 Å². The number of hydrogen-bond donors (Lipinski definition) is 2. The Kier molecular flexibility index (Phi) is 3.95. The molecule has 0 saturated carbocycles. The van der Waals surface area contributed by atoms with E-state index in [2.05, 4.69) is 35.8 Å². The lowest BCUT2D eigenvalue weighted by atomic mass is 10.0. The third kappa shape index (κ3) is 2.41. The molecule has 0 amide bonds. The molecule has 0 unspecified atom stereocenters. The molecule has 0 bridgehead atoms. The van der Waals surface area contributed by atoms with Gasteiger partial charge in [0.2, 0.25) is 0 Å². The van der Waals surface area contributed by atoms with Gasteiger partial charge in [-0.1, -0.05) is 12.1 Å². The second-order valence-corrected chi connectivity index (χ2v) is 3.46. The predicted octanol–water partition coefficient (Wildman–Crippen LogP) is 3.17. The van der Waals surface area contributed by atoms with Gasteiger partial charge in [0.05, 0.1) is 0 Å². The van der Waals surface area contributed by atoms with Crippen LogP contribution in [0.4, 0.5) is 0 Å². The minimum absolute atomic E-state index is 0. The summed E-state index contributed by atoms with van der Waals surface area (Å²) in [6.45, 7) is 3.69. The van der Waals surface area contributed by atoms with E-state index in [0.29, 0.717) is 0 Å². The van der Waals surface area contributed by atoms with Crippen LogP contribution in [0.15, 0.2) is 43.1 Å². The first-order valence-corrected chi connectivity index (χ1v) is 4.75. The fourth-order valence-electron chi connectivity index (χ4n) is 1.62. The van der Waals surface area contributed by atoms with Crippen LogP contribution in [0.1, 0.15) is 18.0 Å². The summed E-state index contributed by atoms with van der Waals surface area (Å²) in [7, 11) is 0. The van der Waals surface area contributed by atoms with Gasteiger partial charge in [-0.2, -0.15) is 0 Å². The Morgan fingerprint density at radius 2 is 2.20 bits per heavy atom. The highest BCUT2D eigenvalue weighted by molar-refractivity contribution is 5.85. The van der Waals surface area contributed by atoms with Crippen molar-refractivity contribution in [1.29, 1.82) is 0 Å². The molecule has 2 rings (SSSR count). The monoisotopic (exact) mass is 222 g/mol. The lowest BCUT2D eigenvalue weighted by Crippen LogP contribution is -2.08. The van der Waals surface area contributed by atoms with Gasteiger partial charge in [0.25, 0.3) is 0 Å². The zero-order valence-electron chi connectivity index (χ0n) is 8.44. The number of aromatic nitrogens is 1. The Morgan fingerprint density at radius 1 is 1.40 bits per heavy atom. The first-order chi connectivity index (χ1) is 6.81. The number of aromatic amines is 1. The van der Waals surface area contributed by atoms with E-state index in [1.165, 1.54) is 5.39 Å². The molecular formula is C12H15ClN2. The standard InChI is InChI=1S/C12H14N2.ClH/c1-2-3-11(13)9-4-5-12-10(8-9)6-7-14-12;/h2,4-8,11,14H,1,3,13H2;1H/t11-;/m1./s1. The molecule has 15 heavy (non-hydrogen) atoms. The zero-order chi connectivity index (χ0) is 9.97. The summed E-state index contributed by atoms with van der Waals surface area (Å²) in [5, 5.41) is 1.21. The molecule has 1 aromatic carbocycles. The predicted molar refractivity (Wildman–Crippen MR) is 67.3 cm³/mol. The van der Waals surface area contributed by atoms with E-state index in [0.717, 1.165) is 17.5 Å². The SMILES string of the molecule is C=CC[C@@H](N)c1ccc2[nH]ccc2c1.Cl. The van der Waals surface area contributed by atoms with Crippen molar-refractivity contribution in [2.24, 2.45) is 5.73 Å². The number of rotatable bonds is 3. The van der Waals surface area contributed by atoms with E-state index >= 15 is 0 Å². The summed E-state index contributed by atoms with van der Waals surface area (Å²) in [5.41, 5.74) is 8.30. The minimum Gasteiger partial charge on any atom is -0.361 e. The molecule has 1 aromatic heterocycles. The fraction of sp³-hybridized carbons (Fsp3) is 0.167. The lowest BCUT2D eigenvalue weighted by molar-refractivity contribution is 0.743. The highest BCUT2D eigenvalue weighted by Gasteiger charge is 2.04. The maximum absolute atomic E-state index is 5.98. The quantitative estimate of drug-likeness (QED) is 0.770. The van der Waals surface area contributed by atoms with Crippen LogP contribution < -0.4 is 5.73 Å². The largest absolute Gasteiger partial charge is 0.361 e. The number of hydrogen-bond acceptors (Lipinski definition) is 1. The average molecular weight is 223 g/mol. The second-order valence-electron chi connectivity index (χ2n) is 3.46. The molecule has 80 valence electrons. The third-order valence-corrected chi connectivity index (χ3v) is 2.43. The molecule has 1 atom stereocenters. The molecule has 0 aliphatic carbocycles. The average Bonchev–Trinajstić information content (AvgIpc) is 2.64. The van der Waals surface area contributed by atoms with Crippen molar-refractivity contribution in [2.75, 3.05) is 0 Å². The van der Waals surface area contributed by atoms with Crippen molar-refractivity contribution in [3.63, 3.8) is 0 Å². The molecule has 2 aromatic rings. The molecule has 1 heterocycles. The molecular weight excluding hydrogens is 208 g/mol. The molecule has 0 radical (unpaired) electrons. The third-order valence-electron chi connectivity index (χ3n) is 2.43. The smallest absolute Gasteiger partial charge is 0.0454 e. The highest BCUT2D eigenvalue weighted by Crippen LogP contribution is 2.20. The van der Waals surface area contributed by atoms with E-state index in [-0.39, 0.29) is 18.4 Å². The Balaban J connectivity index is 0.00000112. The molecule has 0 saturated heterocycles. The van der Waals surface area contributed by atoms with Gasteiger partial charge in [-0.15, -0.1) is 19.0 Å². The fourth-order valence-corrected chi connectivity index (χ4v) is 1.62. The van der Waals surface area contributed by atoms with Crippen molar-refractivity contribution in [3.8, 4) is 0 Å². The molecule has 3 N–H and O–H groups in total. The van der Waals surface area contributed by atoms with Crippen molar-refractivity contribution < 1.29 is 0 Å². The Hall–Kier alpha value is -1.25. The first kappa shape index (κ1) is 11.8.